The standard InChI is InChI=1S/C13H27N3O2/c1-10(2)13(14)8-16(9-13)11(3)12(17)15-6-5-7-18-4/h10-11H,5-9,14H2,1-4H3,(H,15,17). The first-order valence-electron chi connectivity index (χ1n) is 6.70. The van der Waals surface area contributed by atoms with Crippen molar-refractivity contribution in [2.45, 2.75) is 38.8 Å². The van der Waals surface area contributed by atoms with Gasteiger partial charge in [0, 0.05) is 38.9 Å². The molecule has 1 rings (SSSR count). The number of carbonyl (C=O) groups is 1. The molecule has 0 aromatic carbocycles. The predicted molar refractivity (Wildman–Crippen MR) is 72.3 cm³/mol. The third-order valence-electron chi connectivity index (χ3n) is 3.90. The van der Waals surface area contributed by atoms with E-state index in [1.165, 1.54) is 0 Å². The van der Waals surface area contributed by atoms with Gasteiger partial charge < -0.3 is 15.8 Å². The van der Waals surface area contributed by atoms with Gasteiger partial charge in [-0.05, 0) is 19.3 Å². The summed E-state index contributed by atoms with van der Waals surface area (Å²) in [5, 5.41) is 2.92. The van der Waals surface area contributed by atoms with Gasteiger partial charge in [0.2, 0.25) is 5.91 Å². The molecule has 0 bridgehead atoms. The van der Waals surface area contributed by atoms with Crippen LogP contribution in [0.5, 0.6) is 0 Å². The molecule has 0 aromatic heterocycles. The molecule has 0 saturated carbocycles. The van der Waals surface area contributed by atoms with Crippen molar-refractivity contribution >= 4 is 5.91 Å². The lowest BCUT2D eigenvalue weighted by molar-refractivity contribution is -0.129. The lowest BCUT2D eigenvalue weighted by atomic mass is 9.79. The molecule has 1 unspecified atom stereocenters. The third-order valence-corrected chi connectivity index (χ3v) is 3.90. The minimum Gasteiger partial charge on any atom is -0.385 e. The van der Waals surface area contributed by atoms with E-state index in [4.69, 9.17) is 10.5 Å². The van der Waals surface area contributed by atoms with E-state index in [9.17, 15) is 4.79 Å². The highest BCUT2D eigenvalue weighted by Gasteiger charge is 2.44. The fraction of sp³-hybridized carbons (Fsp3) is 0.923. The maximum absolute atomic E-state index is 11.9. The van der Waals surface area contributed by atoms with Crippen molar-refractivity contribution in [2.75, 3.05) is 33.4 Å². The fourth-order valence-electron chi connectivity index (χ4n) is 2.09. The smallest absolute Gasteiger partial charge is 0.237 e. The van der Waals surface area contributed by atoms with Gasteiger partial charge in [-0.25, -0.2) is 0 Å². The van der Waals surface area contributed by atoms with E-state index in [2.05, 4.69) is 24.1 Å². The van der Waals surface area contributed by atoms with Crippen molar-refractivity contribution in [1.82, 2.24) is 10.2 Å². The van der Waals surface area contributed by atoms with Crippen molar-refractivity contribution in [3.63, 3.8) is 0 Å². The molecule has 106 valence electrons. The molecule has 0 spiro atoms. The zero-order valence-electron chi connectivity index (χ0n) is 12.0. The quantitative estimate of drug-likeness (QED) is 0.639. The summed E-state index contributed by atoms with van der Waals surface area (Å²) in [6.07, 6.45) is 0.849. The van der Waals surface area contributed by atoms with Crippen molar-refractivity contribution < 1.29 is 9.53 Å². The summed E-state index contributed by atoms with van der Waals surface area (Å²) in [6, 6.07) is -0.0945. The van der Waals surface area contributed by atoms with Crippen LogP contribution in [0.15, 0.2) is 0 Å². The SMILES string of the molecule is COCCCNC(=O)C(C)N1CC(N)(C(C)C)C1. The van der Waals surface area contributed by atoms with Crippen molar-refractivity contribution in [1.29, 1.82) is 0 Å². The molecule has 1 heterocycles. The van der Waals surface area contributed by atoms with Crippen LogP contribution in [0, 0.1) is 5.92 Å². The van der Waals surface area contributed by atoms with Crippen molar-refractivity contribution in [2.24, 2.45) is 11.7 Å². The van der Waals surface area contributed by atoms with Gasteiger partial charge in [0.25, 0.3) is 0 Å². The Morgan fingerprint density at radius 1 is 1.44 bits per heavy atom. The third kappa shape index (κ3) is 3.67. The van der Waals surface area contributed by atoms with Crippen LogP contribution in [0.2, 0.25) is 0 Å². The molecule has 1 saturated heterocycles. The van der Waals surface area contributed by atoms with Gasteiger partial charge in [0.1, 0.15) is 0 Å². The lowest BCUT2D eigenvalue weighted by Crippen LogP contribution is -2.72. The molecule has 1 fully saturated rings. The molecular formula is C13H27N3O2. The monoisotopic (exact) mass is 257 g/mol. The van der Waals surface area contributed by atoms with Crippen LogP contribution in [-0.2, 0) is 9.53 Å². The predicted octanol–water partition coefficient (Wildman–Crippen LogP) is 0.197. The average molecular weight is 257 g/mol. The second-order valence-corrected chi connectivity index (χ2v) is 5.61. The zero-order chi connectivity index (χ0) is 13.8. The topological polar surface area (TPSA) is 67.6 Å². The van der Waals surface area contributed by atoms with Crippen molar-refractivity contribution in [3.8, 4) is 0 Å². The second-order valence-electron chi connectivity index (χ2n) is 5.61. The maximum atomic E-state index is 11.9. The summed E-state index contributed by atoms with van der Waals surface area (Å²) >= 11 is 0. The van der Waals surface area contributed by atoms with Gasteiger partial charge in [-0.15, -0.1) is 0 Å². The zero-order valence-corrected chi connectivity index (χ0v) is 12.0. The van der Waals surface area contributed by atoms with E-state index in [-0.39, 0.29) is 17.5 Å². The Labute approximate surface area is 110 Å². The minimum absolute atomic E-state index is 0.0805. The van der Waals surface area contributed by atoms with Gasteiger partial charge in [-0.3, -0.25) is 9.69 Å². The highest BCUT2D eigenvalue weighted by atomic mass is 16.5. The Hall–Kier alpha value is -0.650. The van der Waals surface area contributed by atoms with E-state index >= 15 is 0 Å². The molecule has 1 aliphatic heterocycles. The van der Waals surface area contributed by atoms with E-state index in [1.807, 2.05) is 6.92 Å². The van der Waals surface area contributed by atoms with E-state index < -0.39 is 0 Å². The first kappa shape index (κ1) is 15.4. The molecule has 0 aliphatic carbocycles. The molecule has 1 aliphatic rings. The number of hydrogen-bond donors (Lipinski definition) is 2. The van der Waals surface area contributed by atoms with E-state index in [0.717, 1.165) is 19.5 Å². The van der Waals surface area contributed by atoms with Gasteiger partial charge in [0.15, 0.2) is 0 Å². The molecular weight excluding hydrogens is 230 g/mol. The molecule has 1 amide bonds. The first-order valence-corrected chi connectivity index (χ1v) is 6.70. The summed E-state index contributed by atoms with van der Waals surface area (Å²) < 4.78 is 4.94. The number of nitrogens with two attached hydrogens (primary N) is 1. The Morgan fingerprint density at radius 3 is 2.56 bits per heavy atom. The largest absolute Gasteiger partial charge is 0.385 e. The number of methoxy groups -OCH3 is 1. The number of likely N-dealkylation sites (tertiary alicyclic amines) is 1. The van der Waals surface area contributed by atoms with E-state index in [1.54, 1.807) is 7.11 Å². The summed E-state index contributed by atoms with van der Waals surface area (Å²) in [4.78, 5) is 14.0. The Kier molecular flexibility index (Phi) is 5.56. The van der Waals surface area contributed by atoms with Gasteiger partial charge in [-0.2, -0.15) is 0 Å². The summed E-state index contributed by atoms with van der Waals surface area (Å²) in [5.41, 5.74) is 6.10. The van der Waals surface area contributed by atoms with Crippen molar-refractivity contribution in [3.05, 3.63) is 0 Å². The summed E-state index contributed by atoms with van der Waals surface area (Å²) in [5.74, 6) is 0.530. The normalized spacial score (nSPS) is 20.6. The highest BCUT2D eigenvalue weighted by Crippen LogP contribution is 2.27. The van der Waals surface area contributed by atoms with Crippen LogP contribution in [0.1, 0.15) is 27.2 Å². The van der Waals surface area contributed by atoms with Crippen LogP contribution in [0.25, 0.3) is 0 Å². The van der Waals surface area contributed by atoms with Crippen LogP contribution < -0.4 is 11.1 Å². The number of nitrogens with zero attached hydrogens (tertiary/aromatic N) is 1. The lowest BCUT2D eigenvalue weighted by Gasteiger charge is -2.52. The number of nitrogens with one attached hydrogen (secondary N) is 1. The van der Waals surface area contributed by atoms with Crippen LogP contribution in [0.3, 0.4) is 0 Å². The van der Waals surface area contributed by atoms with Gasteiger partial charge >= 0.3 is 0 Å². The second kappa shape index (κ2) is 6.50. The molecule has 0 radical (unpaired) electrons. The molecule has 0 aromatic rings. The number of hydrogen-bond acceptors (Lipinski definition) is 4. The number of ether oxygens (including phenoxy) is 1. The molecule has 18 heavy (non-hydrogen) atoms. The fourth-order valence-corrected chi connectivity index (χ4v) is 2.09. The maximum Gasteiger partial charge on any atom is 0.237 e. The number of amides is 1. The van der Waals surface area contributed by atoms with Crippen LogP contribution >= 0.6 is 0 Å². The Morgan fingerprint density at radius 2 is 2.06 bits per heavy atom. The molecule has 5 nitrogen and oxygen atoms in total. The summed E-state index contributed by atoms with van der Waals surface area (Å²) in [7, 11) is 1.66. The Balaban J connectivity index is 2.25. The molecule has 1 atom stereocenters. The van der Waals surface area contributed by atoms with Crippen LogP contribution in [0.4, 0.5) is 0 Å². The van der Waals surface area contributed by atoms with E-state index in [0.29, 0.717) is 19.1 Å². The Bertz CT molecular complexity index is 275. The van der Waals surface area contributed by atoms with Crippen LogP contribution in [-0.4, -0.2) is 55.7 Å². The van der Waals surface area contributed by atoms with Gasteiger partial charge in [-0.1, -0.05) is 13.8 Å². The highest BCUT2D eigenvalue weighted by molar-refractivity contribution is 5.81. The number of rotatable bonds is 7. The first-order chi connectivity index (χ1) is 8.40. The number of carbonyl (C=O) groups excluding carboxylic acids is 1. The minimum atomic E-state index is -0.120. The summed E-state index contributed by atoms with van der Waals surface area (Å²) in [6.45, 7) is 9.15. The molecule has 3 N–H and O–H groups in total. The average Bonchev–Trinajstić information content (AvgIpc) is 2.29. The molecule has 5 heteroatoms. The van der Waals surface area contributed by atoms with Gasteiger partial charge in [0.05, 0.1) is 6.04 Å².